The summed E-state index contributed by atoms with van der Waals surface area (Å²) in [5.41, 5.74) is 2.69. The molecule has 0 bridgehead atoms. The maximum atomic E-state index is 15.0. The standard InChI is InChI=1S/C26H29FN6O3S/c1-36-22-5-3-17-23(32-22)24(16(27)13-29-17)33-8-6-26(7-9-33)10-18(19(34)11-26)28-12-15-2-4-20-25(30-15)31-21(35)14-37-20/h2-5,13,18-19,28,34H,6-12,14H2,1H3,(H,30,31,35)/p+1/t18-,19+/m0/s1. The maximum absolute atomic E-state index is 15.0. The van der Waals surface area contributed by atoms with E-state index in [4.69, 9.17) is 4.74 Å². The number of halogens is 1. The molecule has 1 saturated heterocycles. The van der Waals surface area contributed by atoms with Crippen LogP contribution in [-0.2, 0) is 11.3 Å². The Kier molecular flexibility index (Phi) is 6.37. The lowest BCUT2D eigenvalue weighted by molar-refractivity contribution is -0.361. The van der Waals surface area contributed by atoms with Gasteiger partial charge in [0.25, 0.3) is 5.52 Å². The molecule has 1 amide bonds. The van der Waals surface area contributed by atoms with Gasteiger partial charge >= 0.3 is 5.88 Å². The van der Waals surface area contributed by atoms with E-state index in [0.717, 1.165) is 36.3 Å². The van der Waals surface area contributed by atoms with Crippen molar-refractivity contribution in [3.63, 3.8) is 0 Å². The van der Waals surface area contributed by atoms with E-state index in [2.05, 4.69) is 30.5 Å². The van der Waals surface area contributed by atoms with Crippen LogP contribution in [0.25, 0.3) is 11.0 Å². The molecule has 1 aliphatic carbocycles. The molecule has 3 aromatic heterocycles. The second-order valence-corrected chi connectivity index (χ2v) is 11.2. The molecule has 3 aromatic rings. The van der Waals surface area contributed by atoms with Crippen LogP contribution in [0.4, 0.5) is 15.9 Å². The minimum absolute atomic E-state index is 0.0161. The summed E-state index contributed by atoms with van der Waals surface area (Å²) in [7, 11) is 1.57. The molecule has 5 heterocycles. The first-order valence-electron chi connectivity index (χ1n) is 12.6. The quantitative estimate of drug-likeness (QED) is 0.466. The highest BCUT2D eigenvalue weighted by Crippen LogP contribution is 2.47. The highest BCUT2D eigenvalue weighted by Gasteiger charge is 2.46. The molecule has 2 fully saturated rings. The fourth-order valence-electron chi connectivity index (χ4n) is 5.92. The molecule has 1 saturated carbocycles. The molecule has 1 spiro atoms. The van der Waals surface area contributed by atoms with Crippen molar-refractivity contribution in [2.75, 3.05) is 36.2 Å². The maximum Gasteiger partial charge on any atom is 0.366 e. The van der Waals surface area contributed by atoms with E-state index in [0.29, 0.717) is 53.8 Å². The molecule has 9 nitrogen and oxygen atoms in total. The van der Waals surface area contributed by atoms with Gasteiger partial charge in [0.05, 0.1) is 41.8 Å². The smallest absolute Gasteiger partial charge is 0.366 e. The number of fused-ring (bicyclic) bond motifs is 2. The zero-order valence-corrected chi connectivity index (χ0v) is 21.4. The van der Waals surface area contributed by atoms with Crippen molar-refractivity contribution in [3.05, 3.63) is 42.0 Å². The van der Waals surface area contributed by atoms with Gasteiger partial charge in [-0.05, 0) is 49.3 Å². The molecule has 11 heteroatoms. The Hall–Kier alpha value is -3.02. The van der Waals surface area contributed by atoms with Crippen LogP contribution in [0.2, 0.25) is 0 Å². The van der Waals surface area contributed by atoms with E-state index in [9.17, 15) is 14.3 Å². The third-order valence-electron chi connectivity index (χ3n) is 7.87. The third kappa shape index (κ3) is 4.71. The molecule has 2 atom stereocenters. The Morgan fingerprint density at radius 2 is 2.14 bits per heavy atom. The van der Waals surface area contributed by atoms with E-state index in [1.165, 1.54) is 18.0 Å². The van der Waals surface area contributed by atoms with Gasteiger partial charge < -0.3 is 25.4 Å². The third-order valence-corrected chi connectivity index (χ3v) is 8.92. The van der Waals surface area contributed by atoms with E-state index in [-0.39, 0.29) is 23.2 Å². The van der Waals surface area contributed by atoms with Gasteiger partial charge in [0.1, 0.15) is 17.0 Å². The number of aliphatic hydroxyl groups excluding tert-OH is 1. The highest BCUT2D eigenvalue weighted by molar-refractivity contribution is 8.00. The fraction of sp³-hybridized carbons (Fsp3) is 0.462. The number of aromatic amines is 1. The van der Waals surface area contributed by atoms with Gasteiger partial charge in [-0.25, -0.2) is 14.4 Å². The number of pyridine rings is 3. The number of hydrogen-bond donors (Lipinski definition) is 3. The lowest BCUT2D eigenvalue weighted by atomic mass is 9.76. The molecule has 37 heavy (non-hydrogen) atoms. The first kappa shape index (κ1) is 24.3. The van der Waals surface area contributed by atoms with E-state index in [1.54, 1.807) is 13.2 Å². The fourth-order valence-corrected chi connectivity index (χ4v) is 6.68. The summed E-state index contributed by atoms with van der Waals surface area (Å²) < 4.78 is 20.3. The van der Waals surface area contributed by atoms with Crippen molar-refractivity contribution >= 4 is 40.2 Å². The SMILES string of the molecule is COc1ccc2ncc(F)c(N3CCC4(CC3)C[C@@H](O)[C@@H](NCc3ccc5c(n3)NC(=O)CS5)C4)c2[nH+]1. The number of carbonyl (C=O) groups is 1. The lowest BCUT2D eigenvalue weighted by Gasteiger charge is -2.40. The molecule has 4 N–H and O–H groups in total. The number of ether oxygens (including phenoxy) is 1. The van der Waals surface area contributed by atoms with Gasteiger partial charge in [0.2, 0.25) is 5.91 Å². The number of nitrogens with zero attached hydrogens (tertiary/aromatic N) is 3. The molecule has 194 valence electrons. The number of H-pyrrole nitrogens is 1. The minimum atomic E-state index is -0.449. The molecule has 0 aromatic carbocycles. The molecule has 0 unspecified atom stereocenters. The molecule has 0 radical (unpaired) electrons. The van der Waals surface area contributed by atoms with Crippen LogP contribution < -0.4 is 25.3 Å². The Labute approximate surface area is 218 Å². The van der Waals surface area contributed by atoms with Crippen LogP contribution in [0.15, 0.2) is 35.4 Å². The number of piperidine rings is 1. The van der Waals surface area contributed by atoms with Crippen LogP contribution in [0.5, 0.6) is 5.88 Å². The number of amides is 1. The van der Waals surface area contributed by atoms with Crippen LogP contribution in [0.1, 0.15) is 31.4 Å². The normalized spacial score (nSPS) is 22.8. The average molecular weight is 526 g/mol. The second kappa shape index (κ2) is 9.70. The average Bonchev–Trinajstić information content (AvgIpc) is 3.21. The van der Waals surface area contributed by atoms with Gasteiger partial charge in [-0.2, -0.15) is 4.98 Å². The predicted molar refractivity (Wildman–Crippen MR) is 138 cm³/mol. The van der Waals surface area contributed by atoms with Crippen LogP contribution >= 0.6 is 11.8 Å². The molecular weight excluding hydrogens is 495 g/mol. The van der Waals surface area contributed by atoms with Crippen molar-refractivity contribution in [1.82, 2.24) is 15.3 Å². The van der Waals surface area contributed by atoms with Gasteiger partial charge in [-0.1, -0.05) is 0 Å². The molecule has 3 aliphatic rings. The summed E-state index contributed by atoms with van der Waals surface area (Å²) >= 11 is 1.49. The minimum Gasteiger partial charge on any atom is -0.448 e. The largest absolute Gasteiger partial charge is 0.448 e. The molecular formula is C26H30FN6O3S+. The Balaban J connectivity index is 1.12. The number of thioether (sulfide) groups is 1. The number of hydrogen-bond acceptors (Lipinski definition) is 8. The van der Waals surface area contributed by atoms with Gasteiger partial charge in [-0.3, -0.25) is 4.79 Å². The van der Waals surface area contributed by atoms with Crippen molar-refractivity contribution < 1.29 is 24.0 Å². The zero-order chi connectivity index (χ0) is 25.6. The number of rotatable bonds is 5. The first-order valence-corrected chi connectivity index (χ1v) is 13.6. The summed E-state index contributed by atoms with van der Waals surface area (Å²) in [6, 6.07) is 7.52. The Morgan fingerprint density at radius 3 is 2.95 bits per heavy atom. The lowest BCUT2D eigenvalue weighted by Crippen LogP contribution is -2.41. The number of carbonyl (C=O) groups excluding carboxylic acids is 1. The van der Waals surface area contributed by atoms with Crippen molar-refractivity contribution in [2.24, 2.45) is 5.41 Å². The monoisotopic (exact) mass is 525 g/mol. The molecule has 2 aliphatic heterocycles. The second-order valence-electron chi connectivity index (χ2n) is 10.2. The highest BCUT2D eigenvalue weighted by atomic mass is 32.2. The van der Waals surface area contributed by atoms with E-state index in [1.807, 2.05) is 18.2 Å². The van der Waals surface area contributed by atoms with Crippen molar-refractivity contribution in [3.8, 4) is 5.88 Å². The topological polar surface area (TPSA) is 114 Å². The van der Waals surface area contributed by atoms with Gasteiger partial charge in [-0.15, -0.1) is 11.8 Å². The number of anilines is 2. The Morgan fingerprint density at radius 1 is 1.30 bits per heavy atom. The summed E-state index contributed by atoms with van der Waals surface area (Å²) in [6.07, 6.45) is 4.16. The summed E-state index contributed by atoms with van der Waals surface area (Å²) in [5, 5.41) is 17.2. The number of aromatic nitrogens is 3. The summed E-state index contributed by atoms with van der Waals surface area (Å²) in [4.78, 5) is 26.7. The number of methoxy groups -OCH3 is 1. The van der Waals surface area contributed by atoms with Crippen LogP contribution in [0, 0.1) is 11.2 Å². The van der Waals surface area contributed by atoms with E-state index >= 15 is 0 Å². The van der Waals surface area contributed by atoms with Gasteiger partial charge in [0, 0.05) is 25.7 Å². The molecule has 6 rings (SSSR count). The van der Waals surface area contributed by atoms with Crippen molar-refractivity contribution in [1.29, 1.82) is 0 Å². The van der Waals surface area contributed by atoms with Crippen molar-refractivity contribution in [2.45, 2.75) is 49.3 Å². The van der Waals surface area contributed by atoms with Gasteiger partial charge in [0.15, 0.2) is 5.82 Å². The summed E-state index contributed by atoms with van der Waals surface area (Å²) in [6.45, 7) is 1.91. The van der Waals surface area contributed by atoms with Crippen LogP contribution in [-0.4, -0.2) is 59.1 Å². The number of aliphatic hydroxyl groups is 1. The number of nitrogens with one attached hydrogen (secondary N) is 3. The summed E-state index contributed by atoms with van der Waals surface area (Å²) in [5.74, 6) is 1.19. The van der Waals surface area contributed by atoms with Crippen LogP contribution in [0.3, 0.4) is 0 Å². The predicted octanol–water partition coefficient (Wildman–Crippen LogP) is 2.54. The first-order chi connectivity index (χ1) is 17.9. The zero-order valence-electron chi connectivity index (χ0n) is 20.6. The Bertz CT molecular complexity index is 1350. The van der Waals surface area contributed by atoms with E-state index < -0.39 is 6.10 Å².